The molecule has 0 aliphatic heterocycles. The van der Waals surface area contributed by atoms with Crippen LogP contribution in [-0.2, 0) is 9.47 Å². The minimum atomic E-state index is 0.0363. The van der Waals surface area contributed by atoms with E-state index < -0.39 is 0 Å². The molecular formula is C10H23NO3. The van der Waals surface area contributed by atoms with Gasteiger partial charge in [0.25, 0.3) is 0 Å². The van der Waals surface area contributed by atoms with Gasteiger partial charge in [-0.25, -0.2) is 0 Å². The Morgan fingerprint density at radius 3 is 2.57 bits per heavy atom. The maximum atomic E-state index is 9.02. The summed E-state index contributed by atoms with van der Waals surface area (Å²) in [4.78, 5) is 0. The van der Waals surface area contributed by atoms with Crippen molar-refractivity contribution in [2.75, 3.05) is 33.5 Å². The standard InChI is InChI=1S/C10H23NO3/c1-4-5-11-10(6-12)8-14-9(2)7-13-3/h9-12H,4-8H2,1-3H3. The van der Waals surface area contributed by atoms with Crippen molar-refractivity contribution in [2.45, 2.75) is 32.4 Å². The highest BCUT2D eigenvalue weighted by molar-refractivity contribution is 4.64. The van der Waals surface area contributed by atoms with Crippen LogP contribution in [0.25, 0.3) is 0 Å². The molecule has 0 radical (unpaired) electrons. The van der Waals surface area contributed by atoms with E-state index in [-0.39, 0.29) is 18.8 Å². The first kappa shape index (κ1) is 13.8. The third-order valence-corrected chi connectivity index (χ3v) is 1.89. The molecule has 86 valence electrons. The van der Waals surface area contributed by atoms with Crippen molar-refractivity contribution in [3.05, 3.63) is 0 Å². The third-order valence-electron chi connectivity index (χ3n) is 1.89. The van der Waals surface area contributed by atoms with Crippen LogP contribution in [0.1, 0.15) is 20.3 Å². The lowest BCUT2D eigenvalue weighted by Gasteiger charge is -2.19. The van der Waals surface area contributed by atoms with Crippen molar-refractivity contribution in [3.63, 3.8) is 0 Å². The molecule has 0 aliphatic carbocycles. The molecule has 0 heterocycles. The van der Waals surface area contributed by atoms with E-state index in [0.29, 0.717) is 13.2 Å². The van der Waals surface area contributed by atoms with Crippen molar-refractivity contribution in [1.82, 2.24) is 5.32 Å². The van der Waals surface area contributed by atoms with Gasteiger partial charge in [0.15, 0.2) is 0 Å². The number of ether oxygens (including phenoxy) is 2. The Balaban J connectivity index is 3.50. The lowest BCUT2D eigenvalue weighted by molar-refractivity contribution is -0.00648. The maximum absolute atomic E-state index is 9.02. The summed E-state index contributed by atoms with van der Waals surface area (Å²) in [5.74, 6) is 0. The lowest BCUT2D eigenvalue weighted by atomic mass is 10.3. The van der Waals surface area contributed by atoms with Crippen LogP contribution in [0.15, 0.2) is 0 Å². The maximum Gasteiger partial charge on any atom is 0.0781 e. The zero-order chi connectivity index (χ0) is 10.8. The highest BCUT2D eigenvalue weighted by Crippen LogP contribution is 1.94. The molecule has 0 aromatic carbocycles. The molecule has 0 saturated carbocycles. The average molecular weight is 205 g/mol. The van der Waals surface area contributed by atoms with Gasteiger partial charge in [-0.3, -0.25) is 0 Å². The Kier molecular flexibility index (Phi) is 9.29. The molecule has 2 N–H and O–H groups in total. The van der Waals surface area contributed by atoms with E-state index >= 15 is 0 Å². The fourth-order valence-electron chi connectivity index (χ4n) is 1.09. The Morgan fingerprint density at radius 2 is 2.07 bits per heavy atom. The van der Waals surface area contributed by atoms with Crippen molar-refractivity contribution in [2.24, 2.45) is 0 Å². The Labute approximate surface area is 86.6 Å². The predicted octanol–water partition coefficient (Wildman–Crippen LogP) is 0.398. The monoisotopic (exact) mass is 205 g/mol. The molecular weight excluding hydrogens is 182 g/mol. The number of aliphatic hydroxyl groups is 1. The summed E-state index contributed by atoms with van der Waals surface area (Å²) in [6.07, 6.45) is 1.14. The topological polar surface area (TPSA) is 50.7 Å². The van der Waals surface area contributed by atoms with Gasteiger partial charge in [-0.05, 0) is 19.9 Å². The second kappa shape index (κ2) is 9.40. The van der Waals surface area contributed by atoms with Crippen molar-refractivity contribution < 1.29 is 14.6 Å². The third kappa shape index (κ3) is 7.26. The van der Waals surface area contributed by atoms with E-state index in [0.717, 1.165) is 13.0 Å². The lowest BCUT2D eigenvalue weighted by Crippen LogP contribution is -2.38. The van der Waals surface area contributed by atoms with Gasteiger partial charge in [0.2, 0.25) is 0 Å². The molecule has 0 amide bonds. The van der Waals surface area contributed by atoms with Gasteiger partial charge in [0.1, 0.15) is 0 Å². The number of rotatable bonds is 9. The molecule has 0 aromatic rings. The van der Waals surface area contributed by atoms with Crippen molar-refractivity contribution >= 4 is 0 Å². The Morgan fingerprint density at radius 1 is 1.36 bits per heavy atom. The molecule has 0 bridgehead atoms. The van der Waals surface area contributed by atoms with Gasteiger partial charge in [-0.2, -0.15) is 0 Å². The minimum Gasteiger partial charge on any atom is -0.395 e. The second-order valence-corrected chi connectivity index (χ2v) is 3.43. The van der Waals surface area contributed by atoms with E-state index in [1.54, 1.807) is 7.11 Å². The molecule has 0 fully saturated rings. The molecule has 2 unspecified atom stereocenters. The number of methoxy groups -OCH3 is 1. The van der Waals surface area contributed by atoms with E-state index in [4.69, 9.17) is 14.6 Å². The SMILES string of the molecule is CCCNC(CO)COC(C)COC. The van der Waals surface area contributed by atoms with Gasteiger partial charge in [0.05, 0.1) is 32.0 Å². The van der Waals surface area contributed by atoms with Crippen LogP contribution in [0, 0.1) is 0 Å². The molecule has 0 rings (SSSR count). The summed E-state index contributed by atoms with van der Waals surface area (Å²) in [6, 6.07) is 0.0363. The number of hydrogen-bond acceptors (Lipinski definition) is 4. The summed E-state index contributed by atoms with van der Waals surface area (Å²) in [6.45, 7) is 6.19. The van der Waals surface area contributed by atoms with Crippen LogP contribution in [0.4, 0.5) is 0 Å². The van der Waals surface area contributed by atoms with Crippen LogP contribution in [0.2, 0.25) is 0 Å². The molecule has 0 spiro atoms. The van der Waals surface area contributed by atoms with Crippen LogP contribution < -0.4 is 5.32 Å². The summed E-state index contributed by atoms with van der Waals surface area (Å²) in [7, 11) is 1.65. The van der Waals surface area contributed by atoms with Gasteiger partial charge in [-0.15, -0.1) is 0 Å². The van der Waals surface area contributed by atoms with Crippen molar-refractivity contribution in [3.8, 4) is 0 Å². The summed E-state index contributed by atoms with van der Waals surface area (Å²) >= 11 is 0. The van der Waals surface area contributed by atoms with Crippen LogP contribution in [0.3, 0.4) is 0 Å². The first-order valence-corrected chi connectivity index (χ1v) is 5.19. The number of aliphatic hydroxyl groups excluding tert-OH is 1. The van der Waals surface area contributed by atoms with Gasteiger partial charge < -0.3 is 19.9 Å². The molecule has 4 nitrogen and oxygen atoms in total. The van der Waals surface area contributed by atoms with Crippen molar-refractivity contribution in [1.29, 1.82) is 0 Å². The normalized spacial score (nSPS) is 15.4. The second-order valence-electron chi connectivity index (χ2n) is 3.43. The molecule has 0 aromatic heterocycles. The summed E-state index contributed by atoms with van der Waals surface area (Å²) < 4.78 is 10.4. The summed E-state index contributed by atoms with van der Waals surface area (Å²) in [5.41, 5.74) is 0. The zero-order valence-corrected chi connectivity index (χ0v) is 9.45. The Hall–Kier alpha value is -0.160. The smallest absolute Gasteiger partial charge is 0.0781 e. The zero-order valence-electron chi connectivity index (χ0n) is 9.45. The highest BCUT2D eigenvalue weighted by atomic mass is 16.5. The molecule has 4 heteroatoms. The van der Waals surface area contributed by atoms with E-state index in [1.165, 1.54) is 0 Å². The largest absolute Gasteiger partial charge is 0.395 e. The first-order valence-electron chi connectivity index (χ1n) is 5.19. The van der Waals surface area contributed by atoms with Crippen LogP contribution in [0.5, 0.6) is 0 Å². The first-order chi connectivity index (χ1) is 6.74. The molecule has 2 atom stereocenters. The van der Waals surface area contributed by atoms with Gasteiger partial charge in [-0.1, -0.05) is 6.92 Å². The van der Waals surface area contributed by atoms with E-state index in [1.807, 2.05) is 6.92 Å². The van der Waals surface area contributed by atoms with E-state index in [2.05, 4.69) is 12.2 Å². The highest BCUT2D eigenvalue weighted by Gasteiger charge is 2.08. The molecule has 0 aliphatic rings. The van der Waals surface area contributed by atoms with Gasteiger partial charge in [0, 0.05) is 7.11 Å². The Bertz CT molecular complexity index is 122. The molecule has 14 heavy (non-hydrogen) atoms. The average Bonchev–Trinajstić information content (AvgIpc) is 2.19. The minimum absolute atomic E-state index is 0.0363. The number of nitrogens with one attached hydrogen (secondary N) is 1. The predicted molar refractivity (Wildman–Crippen MR) is 56.5 cm³/mol. The molecule has 0 saturated heterocycles. The summed E-state index contributed by atoms with van der Waals surface area (Å²) in [5, 5.41) is 12.2. The fourth-order valence-corrected chi connectivity index (χ4v) is 1.09. The van der Waals surface area contributed by atoms with Crippen LogP contribution in [-0.4, -0.2) is 50.7 Å². The quantitative estimate of drug-likeness (QED) is 0.572. The fraction of sp³-hybridized carbons (Fsp3) is 1.00. The van der Waals surface area contributed by atoms with E-state index in [9.17, 15) is 0 Å². The number of hydrogen-bond donors (Lipinski definition) is 2. The van der Waals surface area contributed by atoms with Gasteiger partial charge >= 0.3 is 0 Å². The van der Waals surface area contributed by atoms with Crippen LogP contribution >= 0.6 is 0 Å².